The minimum absolute atomic E-state index is 0.388. The smallest absolute Gasteiger partial charge is 0.221 e. The zero-order valence-corrected chi connectivity index (χ0v) is 9.53. The van der Waals surface area contributed by atoms with Crippen LogP contribution in [0.4, 0.5) is 0 Å². The number of primary amides is 1. The summed E-state index contributed by atoms with van der Waals surface area (Å²) in [6.07, 6.45) is 2.85. The number of carbonyl (C=O) groups is 1. The summed E-state index contributed by atoms with van der Waals surface area (Å²) in [4.78, 5) is 10.5. The maximum Gasteiger partial charge on any atom is 0.221 e. The Kier molecular flexibility index (Phi) is 4.64. The molecule has 1 rings (SSSR count). The lowest BCUT2D eigenvalue weighted by atomic mass is 10.1. The van der Waals surface area contributed by atoms with E-state index in [9.17, 15) is 4.79 Å². The summed E-state index contributed by atoms with van der Waals surface area (Å²) in [5.74, 6) is 1.00. The van der Waals surface area contributed by atoms with Crippen LogP contribution in [-0.4, -0.2) is 20.1 Å². The molecular weight excluding hydrogens is 206 g/mol. The van der Waals surface area contributed by atoms with Crippen molar-refractivity contribution in [2.45, 2.75) is 12.8 Å². The molecule has 2 N–H and O–H groups in total. The van der Waals surface area contributed by atoms with Crippen LogP contribution in [0.5, 0.6) is 11.5 Å². The van der Waals surface area contributed by atoms with E-state index in [1.54, 1.807) is 14.2 Å². The number of rotatable bonds is 6. The van der Waals surface area contributed by atoms with Gasteiger partial charge in [0, 0.05) is 6.42 Å². The maximum absolute atomic E-state index is 10.5. The second-order valence-electron chi connectivity index (χ2n) is 3.33. The Bertz CT molecular complexity index is 363. The van der Waals surface area contributed by atoms with Gasteiger partial charge in [-0.2, -0.15) is 0 Å². The lowest BCUT2D eigenvalue weighted by Gasteiger charge is -2.09. The first-order valence-corrected chi connectivity index (χ1v) is 5.01. The standard InChI is InChI=1S/C12H16NO3/c1-15-10-7-6-9(8-11(10)16-2)4-3-5-12(13)14/h5-8H,3-4H2,1-2H3,(H2,13,14). The Hall–Kier alpha value is -1.71. The van der Waals surface area contributed by atoms with E-state index < -0.39 is 0 Å². The van der Waals surface area contributed by atoms with Crippen LogP contribution in [0.1, 0.15) is 12.0 Å². The lowest BCUT2D eigenvalue weighted by Crippen LogP contribution is -2.11. The Labute approximate surface area is 95.3 Å². The monoisotopic (exact) mass is 222 g/mol. The third-order valence-electron chi connectivity index (χ3n) is 2.23. The molecule has 0 atom stereocenters. The molecule has 1 aromatic rings. The molecule has 0 saturated heterocycles. The molecular formula is C12H16NO3. The molecule has 1 aromatic carbocycles. The van der Waals surface area contributed by atoms with Crippen LogP contribution >= 0.6 is 0 Å². The molecule has 0 fully saturated rings. The van der Waals surface area contributed by atoms with Crippen molar-refractivity contribution in [2.24, 2.45) is 5.73 Å². The summed E-state index contributed by atoms with van der Waals surface area (Å²) in [6.45, 7) is 0. The molecule has 0 saturated carbocycles. The molecule has 0 heterocycles. The zero-order valence-electron chi connectivity index (χ0n) is 9.53. The minimum Gasteiger partial charge on any atom is -0.493 e. The molecule has 4 heteroatoms. The number of hydrogen-bond acceptors (Lipinski definition) is 3. The second kappa shape index (κ2) is 6.00. The highest BCUT2D eigenvalue weighted by molar-refractivity contribution is 5.82. The average molecular weight is 222 g/mol. The van der Waals surface area contributed by atoms with Crippen LogP contribution in [-0.2, 0) is 11.2 Å². The molecule has 0 aromatic heterocycles. The van der Waals surface area contributed by atoms with E-state index in [1.165, 1.54) is 6.42 Å². The Morgan fingerprint density at radius 3 is 2.56 bits per heavy atom. The highest BCUT2D eigenvalue weighted by atomic mass is 16.5. The van der Waals surface area contributed by atoms with E-state index in [0.717, 1.165) is 12.0 Å². The first-order chi connectivity index (χ1) is 7.67. The molecule has 0 unspecified atom stereocenters. The van der Waals surface area contributed by atoms with Crippen molar-refractivity contribution in [3.8, 4) is 11.5 Å². The van der Waals surface area contributed by atoms with Crippen molar-refractivity contribution in [1.29, 1.82) is 0 Å². The topological polar surface area (TPSA) is 61.5 Å². The Morgan fingerprint density at radius 1 is 1.31 bits per heavy atom. The molecule has 0 bridgehead atoms. The van der Waals surface area contributed by atoms with E-state index in [0.29, 0.717) is 17.9 Å². The van der Waals surface area contributed by atoms with Crippen molar-refractivity contribution in [1.82, 2.24) is 0 Å². The van der Waals surface area contributed by atoms with Gasteiger partial charge in [0.05, 0.1) is 14.2 Å². The number of aryl methyl sites for hydroxylation is 1. The molecule has 4 nitrogen and oxygen atoms in total. The van der Waals surface area contributed by atoms with Crippen molar-refractivity contribution < 1.29 is 14.3 Å². The van der Waals surface area contributed by atoms with Crippen molar-refractivity contribution >= 4 is 5.91 Å². The third-order valence-corrected chi connectivity index (χ3v) is 2.23. The quantitative estimate of drug-likeness (QED) is 0.789. The van der Waals surface area contributed by atoms with Gasteiger partial charge in [-0.3, -0.25) is 4.79 Å². The predicted molar refractivity (Wildman–Crippen MR) is 61.4 cm³/mol. The SMILES string of the molecule is COc1ccc(CC[CH]C(N)=O)cc1OC. The molecule has 0 spiro atoms. The number of amides is 1. The minimum atomic E-state index is -0.388. The highest BCUT2D eigenvalue weighted by Crippen LogP contribution is 2.27. The van der Waals surface area contributed by atoms with Gasteiger partial charge in [0.15, 0.2) is 11.5 Å². The number of nitrogens with two attached hydrogens (primary N) is 1. The van der Waals surface area contributed by atoms with Crippen LogP contribution in [0.15, 0.2) is 18.2 Å². The first-order valence-electron chi connectivity index (χ1n) is 5.01. The van der Waals surface area contributed by atoms with Gasteiger partial charge in [-0.15, -0.1) is 0 Å². The van der Waals surface area contributed by atoms with Crippen LogP contribution in [0.3, 0.4) is 0 Å². The predicted octanol–water partition coefficient (Wildman–Crippen LogP) is 1.33. The van der Waals surface area contributed by atoms with Gasteiger partial charge < -0.3 is 15.2 Å². The largest absolute Gasteiger partial charge is 0.493 e. The van der Waals surface area contributed by atoms with Gasteiger partial charge in [-0.1, -0.05) is 6.07 Å². The fourth-order valence-corrected chi connectivity index (χ4v) is 1.42. The maximum atomic E-state index is 10.5. The van der Waals surface area contributed by atoms with E-state index in [4.69, 9.17) is 15.2 Å². The number of benzene rings is 1. The van der Waals surface area contributed by atoms with Crippen molar-refractivity contribution in [3.05, 3.63) is 30.2 Å². The summed E-state index contributed by atoms with van der Waals surface area (Å²) in [5, 5.41) is 0. The highest BCUT2D eigenvalue weighted by Gasteiger charge is 2.04. The van der Waals surface area contributed by atoms with Gasteiger partial charge in [0.1, 0.15) is 0 Å². The molecule has 1 radical (unpaired) electrons. The summed E-state index contributed by atoms with van der Waals surface area (Å²) in [7, 11) is 3.19. The molecule has 0 aliphatic carbocycles. The van der Waals surface area contributed by atoms with E-state index in [2.05, 4.69) is 0 Å². The summed E-state index contributed by atoms with van der Waals surface area (Å²) >= 11 is 0. The Morgan fingerprint density at radius 2 is 2.00 bits per heavy atom. The number of ether oxygens (including phenoxy) is 2. The fourth-order valence-electron chi connectivity index (χ4n) is 1.42. The first kappa shape index (κ1) is 12.4. The Balaban J connectivity index is 2.64. The molecule has 16 heavy (non-hydrogen) atoms. The van der Waals surface area contributed by atoms with Crippen LogP contribution < -0.4 is 15.2 Å². The number of hydrogen-bond donors (Lipinski definition) is 1. The molecule has 0 aliphatic heterocycles. The van der Waals surface area contributed by atoms with Gasteiger partial charge in [-0.05, 0) is 30.5 Å². The zero-order chi connectivity index (χ0) is 12.0. The third kappa shape index (κ3) is 3.46. The van der Waals surface area contributed by atoms with E-state index >= 15 is 0 Å². The summed E-state index contributed by atoms with van der Waals surface area (Å²) in [6, 6.07) is 5.68. The summed E-state index contributed by atoms with van der Waals surface area (Å²) < 4.78 is 10.3. The molecule has 0 aliphatic rings. The number of carbonyl (C=O) groups excluding carboxylic acids is 1. The summed E-state index contributed by atoms with van der Waals surface area (Å²) in [5.41, 5.74) is 6.10. The van der Waals surface area contributed by atoms with E-state index in [-0.39, 0.29) is 5.91 Å². The van der Waals surface area contributed by atoms with Gasteiger partial charge >= 0.3 is 0 Å². The van der Waals surface area contributed by atoms with Crippen LogP contribution in [0, 0.1) is 6.42 Å². The van der Waals surface area contributed by atoms with E-state index in [1.807, 2.05) is 18.2 Å². The number of methoxy groups -OCH3 is 2. The van der Waals surface area contributed by atoms with Crippen LogP contribution in [0.2, 0.25) is 0 Å². The van der Waals surface area contributed by atoms with Crippen molar-refractivity contribution in [2.75, 3.05) is 14.2 Å². The van der Waals surface area contributed by atoms with Gasteiger partial charge in [0.2, 0.25) is 5.91 Å². The average Bonchev–Trinajstić information content (AvgIpc) is 2.28. The van der Waals surface area contributed by atoms with Gasteiger partial charge in [0.25, 0.3) is 0 Å². The van der Waals surface area contributed by atoms with Crippen LogP contribution in [0.25, 0.3) is 0 Å². The lowest BCUT2D eigenvalue weighted by molar-refractivity contribution is -0.115. The molecule has 87 valence electrons. The second-order valence-corrected chi connectivity index (χ2v) is 3.33. The fraction of sp³-hybridized carbons (Fsp3) is 0.333. The van der Waals surface area contributed by atoms with Crippen molar-refractivity contribution in [3.63, 3.8) is 0 Å². The van der Waals surface area contributed by atoms with Gasteiger partial charge in [-0.25, -0.2) is 0 Å². The normalized spacial score (nSPS) is 9.88. The molecule has 1 amide bonds.